The van der Waals surface area contributed by atoms with E-state index in [9.17, 15) is 9.90 Å². The minimum Gasteiger partial charge on any atom is -0.394 e. The van der Waals surface area contributed by atoms with Crippen LogP contribution in [0.25, 0.3) is 0 Å². The maximum absolute atomic E-state index is 12.0. The summed E-state index contributed by atoms with van der Waals surface area (Å²) in [6.45, 7) is 4.01. The molecule has 2 N–H and O–H groups in total. The van der Waals surface area contributed by atoms with Crippen molar-refractivity contribution < 1.29 is 9.90 Å². The fourth-order valence-electron chi connectivity index (χ4n) is 2.27. The quantitative estimate of drug-likeness (QED) is 0.835. The molecule has 1 amide bonds. The van der Waals surface area contributed by atoms with Gasteiger partial charge in [0.1, 0.15) is 0 Å². The second-order valence-electron chi connectivity index (χ2n) is 5.40. The molecule has 18 heavy (non-hydrogen) atoms. The number of nitrogens with one attached hydrogen (secondary N) is 1. The zero-order chi connectivity index (χ0) is 13.1. The zero-order valence-corrected chi connectivity index (χ0v) is 11.0. The van der Waals surface area contributed by atoms with Crippen molar-refractivity contribution in [2.75, 3.05) is 6.61 Å². The smallest absolute Gasteiger partial charge is 0.224 e. The summed E-state index contributed by atoms with van der Waals surface area (Å²) in [6.07, 6.45) is 0.923. The summed E-state index contributed by atoms with van der Waals surface area (Å²) in [5, 5.41) is 12.2. The van der Waals surface area contributed by atoms with Gasteiger partial charge >= 0.3 is 0 Å². The van der Waals surface area contributed by atoms with E-state index in [4.69, 9.17) is 0 Å². The molecular weight excluding hydrogens is 226 g/mol. The average Bonchev–Trinajstić information content (AvgIpc) is 3.16. The molecule has 1 fully saturated rings. The molecule has 1 aromatic rings. The lowest BCUT2D eigenvalue weighted by Crippen LogP contribution is -2.42. The monoisotopic (exact) mass is 247 g/mol. The number of carbonyl (C=O) groups is 1. The van der Waals surface area contributed by atoms with Crippen LogP contribution in [0, 0.1) is 11.8 Å². The standard InChI is InChI=1S/C15H21NO2/c1-10(2)14(9-17)16-15(18)13-8-12(13)11-6-4-3-5-7-11/h3-7,10,12-14,17H,8-9H2,1-2H3,(H,16,18)/t12-,13+,14?/m0/s1. The fourth-order valence-corrected chi connectivity index (χ4v) is 2.27. The molecule has 3 nitrogen and oxygen atoms in total. The lowest BCUT2D eigenvalue weighted by Gasteiger charge is -2.19. The number of aliphatic hydroxyl groups is 1. The van der Waals surface area contributed by atoms with E-state index < -0.39 is 0 Å². The lowest BCUT2D eigenvalue weighted by atomic mass is 10.0. The third kappa shape index (κ3) is 2.91. The van der Waals surface area contributed by atoms with Crippen molar-refractivity contribution in [3.63, 3.8) is 0 Å². The molecule has 98 valence electrons. The van der Waals surface area contributed by atoms with Crippen LogP contribution in [0.15, 0.2) is 30.3 Å². The Labute approximate surface area is 108 Å². The molecule has 0 heterocycles. The molecule has 0 spiro atoms. The molecule has 1 aliphatic rings. The van der Waals surface area contributed by atoms with Crippen molar-refractivity contribution in [3.05, 3.63) is 35.9 Å². The summed E-state index contributed by atoms with van der Waals surface area (Å²) in [5.41, 5.74) is 1.24. The van der Waals surface area contributed by atoms with Crippen LogP contribution in [-0.4, -0.2) is 23.7 Å². The summed E-state index contributed by atoms with van der Waals surface area (Å²) in [4.78, 5) is 12.0. The molecule has 1 aromatic carbocycles. The maximum atomic E-state index is 12.0. The highest BCUT2D eigenvalue weighted by Gasteiger charge is 2.44. The Bertz CT molecular complexity index is 402. The molecule has 0 radical (unpaired) electrons. The summed E-state index contributed by atoms with van der Waals surface area (Å²) in [6, 6.07) is 10.0. The Morgan fingerprint density at radius 2 is 2.06 bits per heavy atom. The SMILES string of the molecule is CC(C)C(CO)NC(=O)[C@@H]1C[C@H]1c1ccccc1. The van der Waals surface area contributed by atoms with Crippen molar-refractivity contribution in [2.24, 2.45) is 11.8 Å². The average molecular weight is 247 g/mol. The van der Waals surface area contributed by atoms with E-state index in [0.717, 1.165) is 6.42 Å². The third-order valence-corrected chi connectivity index (χ3v) is 3.68. The number of aliphatic hydroxyl groups excluding tert-OH is 1. The Hall–Kier alpha value is -1.35. The topological polar surface area (TPSA) is 49.3 Å². The summed E-state index contributed by atoms with van der Waals surface area (Å²) in [5.74, 6) is 0.780. The van der Waals surface area contributed by atoms with E-state index in [1.54, 1.807) is 0 Å². The molecular formula is C15H21NO2. The van der Waals surface area contributed by atoms with Gasteiger partial charge in [0.15, 0.2) is 0 Å². The van der Waals surface area contributed by atoms with Gasteiger partial charge < -0.3 is 10.4 Å². The molecule has 0 aromatic heterocycles. The van der Waals surface area contributed by atoms with Crippen molar-refractivity contribution in [2.45, 2.75) is 32.2 Å². The van der Waals surface area contributed by atoms with Gasteiger partial charge in [-0.1, -0.05) is 44.2 Å². The van der Waals surface area contributed by atoms with Crippen LogP contribution in [0.1, 0.15) is 31.7 Å². The fraction of sp³-hybridized carbons (Fsp3) is 0.533. The van der Waals surface area contributed by atoms with Crippen LogP contribution in [0.4, 0.5) is 0 Å². The van der Waals surface area contributed by atoms with E-state index in [2.05, 4.69) is 17.4 Å². The summed E-state index contributed by atoms with van der Waals surface area (Å²) < 4.78 is 0. The molecule has 1 saturated carbocycles. The third-order valence-electron chi connectivity index (χ3n) is 3.68. The number of benzene rings is 1. The van der Waals surface area contributed by atoms with Gasteiger partial charge in [0, 0.05) is 5.92 Å². The van der Waals surface area contributed by atoms with Gasteiger partial charge in [-0.2, -0.15) is 0 Å². The van der Waals surface area contributed by atoms with E-state index in [1.807, 2.05) is 32.0 Å². The van der Waals surface area contributed by atoms with Gasteiger partial charge in [-0.05, 0) is 23.8 Å². The van der Waals surface area contributed by atoms with Crippen LogP contribution < -0.4 is 5.32 Å². The first-order valence-electron chi connectivity index (χ1n) is 6.59. The van der Waals surface area contributed by atoms with Crippen molar-refractivity contribution in [1.82, 2.24) is 5.32 Å². The van der Waals surface area contributed by atoms with Crippen molar-refractivity contribution >= 4 is 5.91 Å². The highest BCUT2D eigenvalue weighted by atomic mass is 16.3. The predicted octanol–water partition coefficient (Wildman–Crippen LogP) is 1.92. The zero-order valence-electron chi connectivity index (χ0n) is 11.0. The minimum atomic E-state index is -0.130. The lowest BCUT2D eigenvalue weighted by molar-refractivity contribution is -0.123. The summed E-state index contributed by atoms with van der Waals surface area (Å²) in [7, 11) is 0. The Morgan fingerprint density at radius 3 is 2.61 bits per heavy atom. The van der Waals surface area contributed by atoms with Gasteiger partial charge in [0.2, 0.25) is 5.91 Å². The van der Waals surface area contributed by atoms with Crippen molar-refractivity contribution in [1.29, 1.82) is 0 Å². The Balaban J connectivity index is 1.90. The molecule has 3 heteroatoms. The molecule has 2 rings (SSSR count). The largest absolute Gasteiger partial charge is 0.394 e. The second-order valence-corrected chi connectivity index (χ2v) is 5.40. The Morgan fingerprint density at radius 1 is 1.39 bits per heavy atom. The van der Waals surface area contributed by atoms with E-state index in [0.29, 0.717) is 5.92 Å². The van der Waals surface area contributed by atoms with E-state index >= 15 is 0 Å². The van der Waals surface area contributed by atoms with Crippen LogP contribution in [-0.2, 0) is 4.79 Å². The number of hydrogen-bond acceptors (Lipinski definition) is 2. The molecule has 0 saturated heterocycles. The van der Waals surface area contributed by atoms with E-state index in [1.165, 1.54) is 5.56 Å². The van der Waals surface area contributed by atoms with Crippen LogP contribution >= 0.6 is 0 Å². The minimum absolute atomic E-state index is 0.00608. The van der Waals surface area contributed by atoms with Crippen molar-refractivity contribution in [3.8, 4) is 0 Å². The Kier molecular flexibility index (Phi) is 4.02. The molecule has 0 aliphatic heterocycles. The van der Waals surface area contributed by atoms with Crippen LogP contribution in [0.5, 0.6) is 0 Å². The first kappa shape index (κ1) is 13.1. The number of hydrogen-bond donors (Lipinski definition) is 2. The molecule has 3 atom stereocenters. The maximum Gasteiger partial charge on any atom is 0.224 e. The van der Waals surface area contributed by atoms with Gasteiger partial charge in [-0.25, -0.2) is 0 Å². The first-order valence-corrected chi connectivity index (χ1v) is 6.59. The van der Waals surface area contributed by atoms with Gasteiger partial charge in [0.25, 0.3) is 0 Å². The normalized spacial score (nSPS) is 23.8. The first-order chi connectivity index (χ1) is 8.63. The van der Waals surface area contributed by atoms with Crippen LogP contribution in [0.2, 0.25) is 0 Å². The highest BCUT2D eigenvalue weighted by Crippen LogP contribution is 2.47. The number of carbonyl (C=O) groups excluding carboxylic acids is 1. The van der Waals surface area contributed by atoms with Gasteiger partial charge in [-0.3, -0.25) is 4.79 Å². The molecule has 1 unspecified atom stereocenters. The number of amides is 1. The van der Waals surface area contributed by atoms with Crippen LogP contribution in [0.3, 0.4) is 0 Å². The predicted molar refractivity (Wildman–Crippen MR) is 71.1 cm³/mol. The highest BCUT2D eigenvalue weighted by molar-refractivity contribution is 5.83. The molecule has 1 aliphatic carbocycles. The van der Waals surface area contributed by atoms with E-state index in [-0.39, 0.29) is 30.4 Å². The second kappa shape index (κ2) is 5.53. The number of rotatable bonds is 5. The van der Waals surface area contributed by atoms with Gasteiger partial charge in [0.05, 0.1) is 12.6 Å². The van der Waals surface area contributed by atoms with Gasteiger partial charge in [-0.15, -0.1) is 0 Å². The molecule has 0 bridgehead atoms. The summed E-state index contributed by atoms with van der Waals surface area (Å²) >= 11 is 0.